The van der Waals surface area contributed by atoms with Gasteiger partial charge in [0.25, 0.3) is 0 Å². The Hall–Kier alpha value is -0.920. The summed E-state index contributed by atoms with van der Waals surface area (Å²) in [6.07, 6.45) is 4.74. The number of ketones is 1. The van der Waals surface area contributed by atoms with Crippen LogP contribution in [0, 0.1) is 16.7 Å². The van der Waals surface area contributed by atoms with Crippen LogP contribution >= 0.6 is 0 Å². The van der Waals surface area contributed by atoms with Crippen molar-refractivity contribution in [3.8, 4) is 0 Å². The molecule has 0 aromatic rings. The topological polar surface area (TPSA) is 34.1 Å². The van der Waals surface area contributed by atoms with Gasteiger partial charge in [-0.15, -0.1) is 0 Å². The number of allylic oxidation sites excluding steroid dienone is 2. The summed E-state index contributed by atoms with van der Waals surface area (Å²) in [5, 5.41) is 0. The molecule has 2 heteroatoms. The monoisotopic (exact) mass is 192 g/mol. The molecular formula is C12H16O2. The predicted octanol–water partition coefficient (Wildman–Crippen LogP) is 2.14. The number of aldehydes is 1. The number of hydrogen-bond donors (Lipinski definition) is 0. The molecular weight excluding hydrogens is 176 g/mol. The smallest absolute Gasteiger partial charge is 0.149 e. The van der Waals surface area contributed by atoms with E-state index in [9.17, 15) is 9.59 Å². The molecule has 0 aliphatic heterocycles. The highest BCUT2D eigenvalue weighted by molar-refractivity contribution is 6.00. The largest absolute Gasteiger partial charge is 0.298 e. The zero-order chi connectivity index (χ0) is 10.6. The lowest BCUT2D eigenvalue weighted by molar-refractivity contribution is -0.143. The average molecular weight is 192 g/mol. The van der Waals surface area contributed by atoms with Gasteiger partial charge >= 0.3 is 0 Å². The van der Waals surface area contributed by atoms with Gasteiger partial charge in [-0.05, 0) is 25.7 Å². The van der Waals surface area contributed by atoms with Gasteiger partial charge in [-0.3, -0.25) is 9.59 Å². The zero-order valence-corrected chi connectivity index (χ0v) is 8.96. The lowest BCUT2D eigenvalue weighted by Crippen LogP contribution is -2.52. The van der Waals surface area contributed by atoms with Crippen molar-refractivity contribution < 1.29 is 9.59 Å². The van der Waals surface area contributed by atoms with E-state index in [0.717, 1.165) is 19.1 Å². The minimum atomic E-state index is -0.500. The molecule has 2 nitrogen and oxygen atoms in total. The minimum Gasteiger partial charge on any atom is -0.298 e. The molecule has 2 atom stereocenters. The Labute approximate surface area is 84.4 Å². The fourth-order valence-electron chi connectivity index (χ4n) is 2.94. The van der Waals surface area contributed by atoms with Crippen LogP contribution in [0.15, 0.2) is 11.6 Å². The lowest BCUT2D eigenvalue weighted by Gasteiger charge is -2.50. The highest BCUT2D eigenvalue weighted by Crippen LogP contribution is 2.54. The van der Waals surface area contributed by atoms with Crippen LogP contribution in [0.2, 0.25) is 0 Å². The van der Waals surface area contributed by atoms with E-state index >= 15 is 0 Å². The Morgan fingerprint density at radius 2 is 2.07 bits per heavy atom. The first kappa shape index (κ1) is 9.63. The zero-order valence-electron chi connectivity index (χ0n) is 8.96. The van der Waals surface area contributed by atoms with Gasteiger partial charge < -0.3 is 0 Å². The molecule has 14 heavy (non-hydrogen) atoms. The van der Waals surface area contributed by atoms with Gasteiger partial charge in [0, 0.05) is 11.0 Å². The van der Waals surface area contributed by atoms with Crippen molar-refractivity contribution >= 4 is 12.1 Å². The van der Waals surface area contributed by atoms with Crippen molar-refractivity contribution in [2.24, 2.45) is 16.7 Å². The normalized spacial score (nSPS) is 39.5. The highest BCUT2D eigenvalue weighted by atomic mass is 16.1. The Morgan fingerprint density at radius 3 is 2.64 bits per heavy atom. The summed E-state index contributed by atoms with van der Waals surface area (Å²) in [7, 11) is 0. The summed E-state index contributed by atoms with van der Waals surface area (Å²) in [6, 6.07) is 0. The molecule has 0 N–H and O–H groups in total. The fourth-order valence-corrected chi connectivity index (χ4v) is 2.94. The van der Waals surface area contributed by atoms with E-state index in [2.05, 4.69) is 0 Å². The van der Waals surface area contributed by atoms with Gasteiger partial charge in [-0.2, -0.15) is 0 Å². The molecule has 76 valence electrons. The third-order valence-corrected chi connectivity index (χ3v) is 4.11. The second-order valence-corrected chi connectivity index (χ2v) is 5.27. The van der Waals surface area contributed by atoms with Gasteiger partial charge in [0.2, 0.25) is 0 Å². The van der Waals surface area contributed by atoms with E-state index in [4.69, 9.17) is 0 Å². The molecule has 1 fully saturated rings. The average Bonchev–Trinajstić information content (AvgIpc) is 2.14. The Kier molecular flexibility index (Phi) is 1.76. The van der Waals surface area contributed by atoms with E-state index in [1.54, 1.807) is 0 Å². The molecule has 3 aliphatic carbocycles. The Morgan fingerprint density at radius 1 is 1.43 bits per heavy atom. The van der Waals surface area contributed by atoms with Crippen LogP contribution in [-0.4, -0.2) is 12.1 Å². The molecule has 0 aromatic heterocycles. The number of carbonyl (C=O) groups excluding carboxylic acids is 2. The Bertz CT molecular complexity index is 338. The van der Waals surface area contributed by atoms with E-state index in [-0.39, 0.29) is 17.1 Å². The van der Waals surface area contributed by atoms with Crippen LogP contribution in [0.4, 0.5) is 0 Å². The van der Waals surface area contributed by atoms with E-state index in [1.165, 1.54) is 0 Å². The van der Waals surface area contributed by atoms with Gasteiger partial charge in [0.05, 0.1) is 5.41 Å². The first-order chi connectivity index (χ1) is 6.43. The van der Waals surface area contributed by atoms with Crippen molar-refractivity contribution in [3.63, 3.8) is 0 Å². The van der Waals surface area contributed by atoms with Gasteiger partial charge in [-0.1, -0.05) is 19.9 Å². The summed E-state index contributed by atoms with van der Waals surface area (Å²) in [5.41, 5.74) is -0.0717. The summed E-state index contributed by atoms with van der Waals surface area (Å²) >= 11 is 0. The van der Waals surface area contributed by atoms with Crippen molar-refractivity contribution in [2.75, 3.05) is 0 Å². The number of carbonyl (C=O) groups is 2. The van der Waals surface area contributed by atoms with Crippen LogP contribution in [0.1, 0.15) is 33.6 Å². The molecule has 0 radical (unpaired) electrons. The van der Waals surface area contributed by atoms with Crippen molar-refractivity contribution in [1.82, 2.24) is 0 Å². The standard InChI is InChI=1S/C12H16O2/c1-11(2)8-4-5-12(3,10(11)14)9(6-8)7-13/h6-8H,4-5H2,1-3H3. The van der Waals surface area contributed by atoms with Gasteiger partial charge in [0.15, 0.2) is 0 Å². The molecule has 0 saturated heterocycles. The van der Waals surface area contributed by atoms with Crippen LogP contribution in [0.3, 0.4) is 0 Å². The third-order valence-electron chi connectivity index (χ3n) is 4.11. The molecule has 0 heterocycles. The van der Waals surface area contributed by atoms with Crippen molar-refractivity contribution in [3.05, 3.63) is 11.6 Å². The number of fused-ring (bicyclic) bond motifs is 2. The third kappa shape index (κ3) is 0.915. The molecule has 0 amide bonds. The summed E-state index contributed by atoms with van der Waals surface area (Å²) in [5.74, 6) is 0.503. The quantitative estimate of drug-likeness (QED) is 0.596. The minimum absolute atomic E-state index is 0.242. The number of Topliss-reactive ketones (excluding diaryl/α,β-unsaturated/α-hetero) is 1. The molecule has 1 saturated carbocycles. The van der Waals surface area contributed by atoms with Gasteiger partial charge in [0.1, 0.15) is 12.1 Å². The van der Waals surface area contributed by atoms with Crippen LogP contribution < -0.4 is 0 Å². The first-order valence-corrected chi connectivity index (χ1v) is 5.15. The van der Waals surface area contributed by atoms with Crippen molar-refractivity contribution in [1.29, 1.82) is 0 Å². The molecule has 0 aromatic carbocycles. The maximum atomic E-state index is 12.2. The lowest BCUT2D eigenvalue weighted by atomic mass is 9.51. The summed E-state index contributed by atoms with van der Waals surface area (Å²) in [4.78, 5) is 23.1. The predicted molar refractivity (Wildman–Crippen MR) is 53.8 cm³/mol. The molecule has 0 spiro atoms. The van der Waals surface area contributed by atoms with E-state index in [1.807, 2.05) is 26.8 Å². The molecule has 3 rings (SSSR count). The SMILES string of the molecule is CC12CCC(C=C1C=O)C(C)(C)C2=O. The first-order valence-electron chi connectivity index (χ1n) is 5.15. The fraction of sp³-hybridized carbons (Fsp3) is 0.667. The van der Waals surface area contributed by atoms with Crippen molar-refractivity contribution in [2.45, 2.75) is 33.6 Å². The summed E-state index contributed by atoms with van der Waals surface area (Å²) in [6.45, 7) is 5.90. The van der Waals surface area contributed by atoms with Gasteiger partial charge in [-0.25, -0.2) is 0 Å². The second-order valence-electron chi connectivity index (χ2n) is 5.27. The molecule has 2 unspecified atom stereocenters. The number of rotatable bonds is 1. The maximum absolute atomic E-state index is 12.2. The molecule has 2 bridgehead atoms. The summed E-state index contributed by atoms with van der Waals surface area (Å²) < 4.78 is 0. The van der Waals surface area contributed by atoms with Crippen LogP contribution in [0.5, 0.6) is 0 Å². The van der Waals surface area contributed by atoms with Crippen LogP contribution in [0.25, 0.3) is 0 Å². The Balaban J connectivity index is 2.58. The van der Waals surface area contributed by atoms with Crippen LogP contribution in [-0.2, 0) is 9.59 Å². The number of hydrogen-bond acceptors (Lipinski definition) is 2. The van der Waals surface area contributed by atoms with E-state index in [0.29, 0.717) is 5.57 Å². The second kappa shape index (κ2) is 2.56. The van der Waals surface area contributed by atoms with E-state index < -0.39 is 5.41 Å². The molecule has 3 aliphatic rings. The highest BCUT2D eigenvalue weighted by Gasteiger charge is 2.55. The maximum Gasteiger partial charge on any atom is 0.149 e.